The predicted molar refractivity (Wildman–Crippen MR) is 83.4 cm³/mol. The summed E-state index contributed by atoms with van der Waals surface area (Å²) < 4.78 is 0. The van der Waals surface area contributed by atoms with Crippen LogP contribution in [-0.4, -0.2) is 28.0 Å². The highest BCUT2D eigenvalue weighted by molar-refractivity contribution is 7.18. The maximum absolute atomic E-state index is 12.4. The van der Waals surface area contributed by atoms with Gasteiger partial charge in [-0.25, -0.2) is 4.98 Å². The molecule has 0 saturated carbocycles. The first kappa shape index (κ1) is 13.8. The van der Waals surface area contributed by atoms with Gasteiger partial charge in [-0.15, -0.1) is 11.3 Å². The van der Waals surface area contributed by atoms with E-state index in [1.54, 1.807) is 11.3 Å². The molecule has 1 aliphatic rings. The van der Waals surface area contributed by atoms with E-state index in [9.17, 15) is 4.79 Å². The van der Waals surface area contributed by atoms with Gasteiger partial charge in [-0.2, -0.15) is 0 Å². The Morgan fingerprint density at radius 2 is 2.25 bits per heavy atom. The third-order valence-corrected chi connectivity index (χ3v) is 5.00. The summed E-state index contributed by atoms with van der Waals surface area (Å²) in [6, 6.07) is 0. The molecule has 1 N–H and O–H groups in total. The SMILES string of the molecule is CCN1CCc2c(sc3nc(CC(C)C)[nH]c(=O)c23)C1. The highest BCUT2D eigenvalue weighted by Gasteiger charge is 2.22. The fraction of sp³-hybridized carbons (Fsp3) is 0.600. The van der Waals surface area contributed by atoms with Crippen molar-refractivity contribution in [3.63, 3.8) is 0 Å². The molecule has 2 aromatic rings. The molecule has 0 aliphatic carbocycles. The number of aromatic nitrogens is 2. The van der Waals surface area contributed by atoms with Crippen LogP contribution in [0.2, 0.25) is 0 Å². The fourth-order valence-corrected chi connectivity index (χ4v) is 4.13. The minimum atomic E-state index is 0.0492. The molecular formula is C15H21N3OS. The number of rotatable bonds is 3. The lowest BCUT2D eigenvalue weighted by Gasteiger charge is -2.24. The Kier molecular flexibility index (Phi) is 3.65. The van der Waals surface area contributed by atoms with E-state index in [-0.39, 0.29) is 5.56 Å². The minimum absolute atomic E-state index is 0.0492. The average Bonchev–Trinajstić information content (AvgIpc) is 2.74. The molecule has 3 rings (SSSR count). The van der Waals surface area contributed by atoms with E-state index in [1.165, 1.54) is 10.4 Å². The van der Waals surface area contributed by atoms with Crippen LogP contribution in [0, 0.1) is 5.92 Å². The van der Waals surface area contributed by atoms with Crippen LogP contribution in [0.3, 0.4) is 0 Å². The molecule has 0 bridgehead atoms. The molecule has 0 amide bonds. The second kappa shape index (κ2) is 5.30. The summed E-state index contributed by atoms with van der Waals surface area (Å²) in [5.74, 6) is 1.32. The van der Waals surface area contributed by atoms with Crippen molar-refractivity contribution in [2.24, 2.45) is 5.92 Å². The summed E-state index contributed by atoms with van der Waals surface area (Å²) in [6.45, 7) is 9.54. The number of H-pyrrole nitrogens is 1. The van der Waals surface area contributed by atoms with Gasteiger partial charge in [0.1, 0.15) is 10.7 Å². The molecule has 0 saturated heterocycles. The normalized spacial score (nSPS) is 16.0. The third kappa shape index (κ3) is 2.40. The van der Waals surface area contributed by atoms with Gasteiger partial charge in [0, 0.05) is 24.4 Å². The van der Waals surface area contributed by atoms with Gasteiger partial charge < -0.3 is 4.98 Å². The number of likely N-dealkylation sites (N-methyl/N-ethyl adjacent to an activating group) is 1. The van der Waals surface area contributed by atoms with E-state index >= 15 is 0 Å². The molecule has 0 unspecified atom stereocenters. The van der Waals surface area contributed by atoms with Crippen molar-refractivity contribution in [1.29, 1.82) is 0 Å². The summed E-state index contributed by atoms with van der Waals surface area (Å²) in [4.78, 5) is 24.7. The summed E-state index contributed by atoms with van der Waals surface area (Å²) in [7, 11) is 0. The molecule has 108 valence electrons. The van der Waals surface area contributed by atoms with E-state index in [2.05, 4.69) is 35.6 Å². The van der Waals surface area contributed by atoms with Gasteiger partial charge in [-0.1, -0.05) is 20.8 Å². The maximum atomic E-state index is 12.4. The van der Waals surface area contributed by atoms with Gasteiger partial charge >= 0.3 is 0 Å². The Hall–Kier alpha value is -1.20. The van der Waals surface area contributed by atoms with Crippen LogP contribution in [-0.2, 0) is 19.4 Å². The standard InChI is InChI=1S/C15H21N3OS/c1-4-18-6-5-10-11(8-18)20-15-13(10)14(19)16-12(17-15)7-9(2)3/h9H,4-8H2,1-3H3,(H,16,17,19). The van der Waals surface area contributed by atoms with Crippen LogP contribution in [0.25, 0.3) is 10.2 Å². The monoisotopic (exact) mass is 291 g/mol. The molecule has 20 heavy (non-hydrogen) atoms. The first-order chi connectivity index (χ1) is 9.58. The molecule has 1 aliphatic heterocycles. The Labute approximate surface area is 122 Å². The van der Waals surface area contributed by atoms with Crippen molar-refractivity contribution in [2.45, 2.75) is 40.2 Å². The Bertz CT molecular complexity index is 686. The van der Waals surface area contributed by atoms with Crippen molar-refractivity contribution in [2.75, 3.05) is 13.1 Å². The average molecular weight is 291 g/mol. The number of thiophene rings is 1. The van der Waals surface area contributed by atoms with E-state index in [1.807, 2.05) is 0 Å². The Morgan fingerprint density at radius 3 is 2.95 bits per heavy atom. The van der Waals surface area contributed by atoms with Gasteiger partial charge in [-0.3, -0.25) is 9.69 Å². The summed E-state index contributed by atoms with van der Waals surface area (Å²) in [5.41, 5.74) is 1.28. The van der Waals surface area contributed by atoms with Gasteiger partial charge in [0.15, 0.2) is 0 Å². The molecule has 0 radical (unpaired) electrons. The lowest BCUT2D eigenvalue weighted by Crippen LogP contribution is -2.29. The number of fused-ring (bicyclic) bond motifs is 3. The first-order valence-corrected chi connectivity index (χ1v) is 8.16. The van der Waals surface area contributed by atoms with Crippen molar-refractivity contribution in [3.8, 4) is 0 Å². The van der Waals surface area contributed by atoms with Gasteiger partial charge in [0.25, 0.3) is 5.56 Å². The second-order valence-electron chi connectivity index (χ2n) is 5.91. The van der Waals surface area contributed by atoms with Gasteiger partial charge in [-0.05, 0) is 24.4 Å². The van der Waals surface area contributed by atoms with Crippen LogP contribution >= 0.6 is 11.3 Å². The zero-order valence-corrected chi connectivity index (χ0v) is 13.1. The second-order valence-corrected chi connectivity index (χ2v) is 7.00. The smallest absolute Gasteiger partial charge is 0.259 e. The van der Waals surface area contributed by atoms with E-state index in [4.69, 9.17) is 0 Å². The lowest BCUT2D eigenvalue weighted by atomic mass is 10.1. The molecular weight excluding hydrogens is 270 g/mol. The van der Waals surface area contributed by atoms with Crippen molar-refractivity contribution in [3.05, 3.63) is 26.6 Å². The van der Waals surface area contributed by atoms with E-state index < -0.39 is 0 Å². The first-order valence-electron chi connectivity index (χ1n) is 7.34. The lowest BCUT2D eigenvalue weighted by molar-refractivity contribution is 0.272. The summed E-state index contributed by atoms with van der Waals surface area (Å²) in [6.07, 6.45) is 1.80. The van der Waals surface area contributed by atoms with Gasteiger partial charge in [0.05, 0.1) is 5.39 Å². The quantitative estimate of drug-likeness (QED) is 0.945. The molecule has 0 fully saturated rings. The molecule has 3 heterocycles. The predicted octanol–water partition coefficient (Wildman–Crippen LogP) is 2.56. The minimum Gasteiger partial charge on any atom is -0.310 e. The molecule has 0 aromatic carbocycles. The highest BCUT2D eigenvalue weighted by Crippen LogP contribution is 2.32. The fourth-order valence-electron chi connectivity index (χ4n) is 2.85. The van der Waals surface area contributed by atoms with Crippen molar-refractivity contribution in [1.82, 2.24) is 14.9 Å². The van der Waals surface area contributed by atoms with Crippen molar-refractivity contribution < 1.29 is 0 Å². The molecule has 5 heteroatoms. The molecule has 0 spiro atoms. The summed E-state index contributed by atoms with van der Waals surface area (Å²) in [5, 5.41) is 0.841. The topological polar surface area (TPSA) is 49.0 Å². The van der Waals surface area contributed by atoms with Crippen LogP contribution in [0.1, 0.15) is 37.0 Å². The third-order valence-electron chi connectivity index (χ3n) is 3.89. The number of nitrogens with zero attached hydrogens (tertiary/aromatic N) is 2. The number of nitrogens with one attached hydrogen (secondary N) is 1. The summed E-state index contributed by atoms with van der Waals surface area (Å²) >= 11 is 1.70. The van der Waals surface area contributed by atoms with E-state index in [0.29, 0.717) is 5.92 Å². The zero-order chi connectivity index (χ0) is 14.3. The Balaban J connectivity index is 2.08. The highest BCUT2D eigenvalue weighted by atomic mass is 32.1. The van der Waals surface area contributed by atoms with Gasteiger partial charge in [0.2, 0.25) is 0 Å². The molecule has 4 nitrogen and oxygen atoms in total. The van der Waals surface area contributed by atoms with Crippen LogP contribution in [0.15, 0.2) is 4.79 Å². The Morgan fingerprint density at radius 1 is 1.45 bits per heavy atom. The maximum Gasteiger partial charge on any atom is 0.259 e. The van der Waals surface area contributed by atoms with Crippen LogP contribution in [0.4, 0.5) is 0 Å². The number of hydrogen-bond acceptors (Lipinski definition) is 4. The van der Waals surface area contributed by atoms with E-state index in [0.717, 1.165) is 48.5 Å². The van der Waals surface area contributed by atoms with Crippen molar-refractivity contribution >= 4 is 21.6 Å². The van der Waals surface area contributed by atoms with Crippen LogP contribution < -0.4 is 5.56 Å². The molecule has 2 aromatic heterocycles. The van der Waals surface area contributed by atoms with Crippen LogP contribution in [0.5, 0.6) is 0 Å². The number of aromatic amines is 1. The number of hydrogen-bond donors (Lipinski definition) is 1. The largest absolute Gasteiger partial charge is 0.310 e. The molecule has 0 atom stereocenters. The zero-order valence-electron chi connectivity index (χ0n) is 12.3.